The number of rotatable bonds is 5. The first kappa shape index (κ1) is 22.0. The summed E-state index contributed by atoms with van der Waals surface area (Å²) >= 11 is 0. The third-order valence-corrected chi connectivity index (χ3v) is 7.67. The molecule has 2 heterocycles. The Morgan fingerprint density at radius 2 is 1.97 bits per heavy atom. The van der Waals surface area contributed by atoms with Gasteiger partial charge in [-0.25, -0.2) is 4.39 Å². The summed E-state index contributed by atoms with van der Waals surface area (Å²) in [6.45, 7) is 3.33. The van der Waals surface area contributed by atoms with E-state index in [9.17, 15) is 8.60 Å². The number of hydrogen-bond donors (Lipinski definition) is 1. The van der Waals surface area contributed by atoms with Gasteiger partial charge in [0.15, 0.2) is 0 Å². The molecule has 1 fully saturated rings. The number of ether oxygens (including phenoxy) is 2. The van der Waals surface area contributed by atoms with Gasteiger partial charge in [0.2, 0.25) is 0 Å². The number of benzene rings is 3. The van der Waals surface area contributed by atoms with Crippen LogP contribution in [0.1, 0.15) is 29.5 Å². The number of anilines is 1. The van der Waals surface area contributed by atoms with Gasteiger partial charge < -0.3 is 14.8 Å². The monoisotopic (exact) mass is 465 g/mol. The normalized spacial score (nSPS) is 19.6. The summed E-state index contributed by atoms with van der Waals surface area (Å²) in [5, 5.41) is 3.30. The number of hydrogen-bond acceptors (Lipinski definition) is 4. The maximum absolute atomic E-state index is 13.5. The van der Waals surface area contributed by atoms with Crippen molar-refractivity contribution in [2.75, 3.05) is 23.4 Å². The molecule has 1 saturated heterocycles. The Morgan fingerprint density at radius 1 is 1.12 bits per heavy atom. The number of aryl methyl sites for hydroxylation is 1. The molecule has 4 nitrogen and oxygen atoms in total. The van der Waals surface area contributed by atoms with Crippen LogP contribution >= 0.6 is 0 Å². The van der Waals surface area contributed by atoms with Gasteiger partial charge in [-0.05, 0) is 84.5 Å². The second-order valence-electron chi connectivity index (χ2n) is 8.73. The quantitative estimate of drug-likeness (QED) is 0.530. The van der Waals surface area contributed by atoms with E-state index in [2.05, 4.69) is 36.5 Å². The van der Waals surface area contributed by atoms with Crippen LogP contribution in [-0.4, -0.2) is 28.4 Å². The van der Waals surface area contributed by atoms with E-state index in [1.807, 2.05) is 12.1 Å². The summed E-state index contributed by atoms with van der Waals surface area (Å²) < 4.78 is 37.5. The lowest BCUT2D eigenvalue weighted by Gasteiger charge is -2.24. The minimum Gasteiger partial charge on any atom is -0.493 e. The van der Waals surface area contributed by atoms with Gasteiger partial charge in [-0.3, -0.25) is 4.21 Å². The largest absolute Gasteiger partial charge is 0.493 e. The molecule has 33 heavy (non-hydrogen) atoms. The first-order valence-electron chi connectivity index (χ1n) is 11.5. The third kappa shape index (κ3) is 5.06. The van der Waals surface area contributed by atoms with Crippen molar-refractivity contribution in [1.29, 1.82) is 0 Å². The molecule has 0 atom stereocenters. The van der Waals surface area contributed by atoms with E-state index in [-0.39, 0.29) is 11.9 Å². The molecular weight excluding hydrogens is 437 g/mol. The molecule has 0 saturated carbocycles. The molecule has 6 heteroatoms. The Labute approximate surface area is 196 Å². The van der Waals surface area contributed by atoms with E-state index in [1.54, 1.807) is 6.07 Å². The molecule has 172 valence electrons. The van der Waals surface area contributed by atoms with Gasteiger partial charge in [0, 0.05) is 46.5 Å². The Hall–Kier alpha value is -2.86. The molecule has 5 rings (SSSR count). The Morgan fingerprint density at radius 3 is 2.79 bits per heavy atom. The minimum absolute atomic E-state index is 0.134. The summed E-state index contributed by atoms with van der Waals surface area (Å²) in [5.41, 5.74) is 6.52. The van der Waals surface area contributed by atoms with Crippen molar-refractivity contribution in [2.45, 2.75) is 38.8 Å². The van der Waals surface area contributed by atoms with E-state index in [4.69, 9.17) is 9.47 Å². The molecule has 0 spiro atoms. The number of halogens is 1. The molecule has 1 N–H and O–H groups in total. The molecular formula is C27H28FNO3S. The van der Waals surface area contributed by atoms with Crippen LogP contribution in [0.15, 0.2) is 54.6 Å². The first-order chi connectivity index (χ1) is 16.0. The SMILES string of the molecule is Cc1cc(OC2CCS(=O)CC2)cc2c1-c1cc(CNc3cccc(F)c3)ccc1OCC2. The first-order valence-corrected chi connectivity index (χ1v) is 12.9. The second kappa shape index (κ2) is 9.56. The summed E-state index contributed by atoms with van der Waals surface area (Å²) in [6, 6.07) is 17.0. The maximum atomic E-state index is 13.5. The summed E-state index contributed by atoms with van der Waals surface area (Å²) in [4.78, 5) is 0. The van der Waals surface area contributed by atoms with Gasteiger partial charge in [-0.15, -0.1) is 0 Å². The van der Waals surface area contributed by atoms with E-state index >= 15 is 0 Å². The highest BCUT2D eigenvalue weighted by Crippen LogP contribution is 2.40. The van der Waals surface area contributed by atoms with Gasteiger partial charge in [0.25, 0.3) is 0 Å². The van der Waals surface area contributed by atoms with Crippen LogP contribution < -0.4 is 14.8 Å². The second-order valence-corrected chi connectivity index (χ2v) is 10.4. The molecule has 0 aromatic heterocycles. The highest BCUT2D eigenvalue weighted by atomic mass is 32.2. The summed E-state index contributed by atoms with van der Waals surface area (Å²) in [7, 11) is -0.690. The van der Waals surface area contributed by atoms with Crippen molar-refractivity contribution in [3.05, 3.63) is 77.1 Å². The fourth-order valence-corrected chi connectivity index (χ4v) is 5.89. The third-order valence-electron chi connectivity index (χ3n) is 6.29. The van der Waals surface area contributed by atoms with Gasteiger partial charge in [-0.1, -0.05) is 12.1 Å². The lowest BCUT2D eigenvalue weighted by Crippen LogP contribution is -2.27. The van der Waals surface area contributed by atoms with Gasteiger partial charge in [0.05, 0.1) is 6.61 Å². The van der Waals surface area contributed by atoms with Crippen molar-refractivity contribution >= 4 is 16.5 Å². The van der Waals surface area contributed by atoms with E-state index in [0.717, 1.165) is 64.6 Å². The average Bonchev–Trinajstić information content (AvgIpc) is 2.98. The highest BCUT2D eigenvalue weighted by Gasteiger charge is 2.22. The number of nitrogens with one attached hydrogen (secondary N) is 1. The minimum atomic E-state index is -0.690. The van der Waals surface area contributed by atoms with Crippen LogP contribution in [0.2, 0.25) is 0 Å². The number of fused-ring (bicyclic) bond motifs is 3. The molecule has 0 radical (unpaired) electrons. The van der Waals surface area contributed by atoms with Crippen LogP contribution in [0, 0.1) is 12.7 Å². The van der Waals surface area contributed by atoms with Crippen molar-refractivity contribution in [2.24, 2.45) is 0 Å². The molecule has 0 aliphatic carbocycles. The molecule has 3 aromatic carbocycles. The molecule has 2 aliphatic rings. The van der Waals surface area contributed by atoms with E-state index in [0.29, 0.717) is 13.2 Å². The predicted molar refractivity (Wildman–Crippen MR) is 131 cm³/mol. The molecule has 2 aliphatic heterocycles. The molecule has 0 bridgehead atoms. The van der Waals surface area contributed by atoms with Gasteiger partial charge in [0.1, 0.15) is 23.4 Å². The van der Waals surface area contributed by atoms with Crippen LogP contribution in [-0.2, 0) is 23.8 Å². The lowest BCUT2D eigenvalue weighted by molar-refractivity contribution is 0.191. The summed E-state index contributed by atoms with van der Waals surface area (Å²) in [5.74, 6) is 2.97. The fourth-order valence-electron chi connectivity index (χ4n) is 4.64. The molecule has 0 unspecified atom stereocenters. The summed E-state index contributed by atoms with van der Waals surface area (Å²) in [6.07, 6.45) is 2.63. The van der Waals surface area contributed by atoms with Crippen LogP contribution in [0.3, 0.4) is 0 Å². The predicted octanol–water partition coefficient (Wildman–Crippen LogP) is 5.64. The molecule has 3 aromatic rings. The van der Waals surface area contributed by atoms with Crippen molar-refractivity contribution < 1.29 is 18.1 Å². The topological polar surface area (TPSA) is 47.6 Å². The zero-order valence-corrected chi connectivity index (χ0v) is 19.6. The smallest absolute Gasteiger partial charge is 0.127 e. The lowest BCUT2D eigenvalue weighted by atomic mass is 9.92. The highest BCUT2D eigenvalue weighted by molar-refractivity contribution is 7.85. The van der Waals surface area contributed by atoms with Crippen molar-refractivity contribution in [3.8, 4) is 22.6 Å². The molecule has 0 amide bonds. The standard InChI is InChI=1S/C27H28FNO3S/c1-18-13-24(32-23-8-11-33(30)12-9-23)15-20-7-10-31-26-6-5-19(14-25(26)27(18)20)17-29-22-4-2-3-21(28)16-22/h2-6,13-16,23,29H,7-12,17H2,1H3. The van der Waals surface area contributed by atoms with E-state index in [1.165, 1.54) is 23.3 Å². The average molecular weight is 466 g/mol. The maximum Gasteiger partial charge on any atom is 0.127 e. The Balaban J connectivity index is 1.40. The van der Waals surface area contributed by atoms with Gasteiger partial charge in [-0.2, -0.15) is 0 Å². The van der Waals surface area contributed by atoms with Crippen molar-refractivity contribution in [1.82, 2.24) is 0 Å². The van der Waals surface area contributed by atoms with E-state index < -0.39 is 10.8 Å². The Bertz CT molecular complexity index is 1190. The zero-order valence-electron chi connectivity index (χ0n) is 18.7. The Kier molecular flexibility index (Phi) is 6.36. The van der Waals surface area contributed by atoms with Gasteiger partial charge >= 0.3 is 0 Å². The van der Waals surface area contributed by atoms with Crippen LogP contribution in [0.25, 0.3) is 11.1 Å². The fraction of sp³-hybridized carbons (Fsp3) is 0.333. The van der Waals surface area contributed by atoms with Crippen molar-refractivity contribution in [3.63, 3.8) is 0 Å². The van der Waals surface area contributed by atoms with Crippen LogP contribution in [0.5, 0.6) is 11.5 Å². The zero-order chi connectivity index (χ0) is 22.8. The van der Waals surface area contributed by atoms with Crippen LogP contribution in [0.4, 0.5) is 10.1 Å².